The van der Waals surface area contributed by atoms with Crippen molar-refractivity contribution < 1.29 is 14.6 Å². The zero-order valence-electron chi connectivity index (χ0n) is 11.8. The van der Waals surface area contributed by atoms with Crippen LogP contribution in [0.15, 0.2) is 54.6 Å². The largest absolute Gasteiger partial charge is 0.497 e. The molecule has 0 aliphatic heterocycles. The average Bonchev–Trinajstić information content (AvgIpc) is 2.53. The van der Waals surface area contributed by atoms with Crippen LogP contribution >= 0.6 is 0 Å². The van der Waals surface area contributed by atoms with Crippen molar-refractivity contribution in [3.05, 3.63) is 60.2 Å². The molecule has 2 unspecified atom stereocenters. The van der Waals surface area contributed by atoms with E-state index in [4.69, 9.17) is 9.47 Å². The summed E-state index contributed by atoms with van der Waals surface area (Å²) >= 11 is 0. The summed E-state index contributed by atoms with van der Waals surface area (Å²) in [4.78, 5) is 0. The average molecular weight is 272 g/mol. The molecule has 0 aromatic heterocycles. The third-order valence-corrected chi connectivity index (χ3v) is 3.22. The highest BCUT2D eigenvalue weighted by Gasteiger charge is 2.21. The SMILES string of the molecule is CCC(Oc1cccc(OC)c1)C(O)c1ccccc1. The van der Waals surface area contributed by atoms with E-state index in [2.05, 4.69) is 0 Å². The van der Waals surface area contributed by atoms with Crippen LogP contribution in [0.25, 0.3) is 0 Å². The van der Waals surface area contributed by atoms with Crippen molar-refractivity contribution in [3.8, 4) is 11.5 Å². The van der Waals surface area contributed by atoms with E-state index in [9.17, 15) is 5.11 Å². The standard InChI is InChI=1S/C17H20O3/c1-3-16(17(18)13-8-5-4-6-9-13)20-15-11-7-10-14(12-15)19-2/h4-12,16-18H,3H2,1-2H3. The molecule has 3 nitrogen and oxygen atoms in total. The van der Waals surface area contributed by atoms with E-state index < -0.39 is 6.10 Å². The fourth-order valence-corrected chi connectivity index (χ4v) is 2.09. The van der Waals surface area contributed by atoms with Crippen LogP contribution in [-0.4, -0.2) is 18.3 Å². The zero-order chi connectivity index (χ0) is 14.4. The van der Waals surface area contributed by atoms with E-state index >= 15 is 0 Å². The Morgan fingerprint density at radius 3 is 2.35 bits per heavy atom. The normalized spacial score (nSPS) is 13.6. The molecule has 2 atom stereocenters. The van der Waals surface area contributed by atoms with E-state index in [-0.39, 0.29) is 6.10 Å². The fourth-order valence-electron chi connectivity index (χ4n) is 2.09. The summed E-state index contributed by atoms with van der Waals surface area (Å²) in [6, 6.07) is 17.0. The van der Waals surface area contributed by atoms with E-state index in [1.807, 2.05) is 61.5 Å². The highest BCUT2D eigenvalue weighted by molar-refractivity contribution is 5.33. The van der Waals surface area contributed by atoms with Gasteiger partial charge >= 0.3 is 0 Å². The van der Waals surface area contributed by atoms with Gasteiger partial charge in [-0.05, 0) is 24.1 Å². The number of hydrogen-bond donors (Lipinski definition) is 1. The Kier molecular flexibility index (Phi) is 5.02. The Hall–Kier alpha value is -2.00. The molecule has 20 heavy (non-hydrogen) atoms. The minimum absolute atomic E-state index is 0.287. The van der Waals surface area contributed by atoms with Crippen molar-refractivity contribution >= 4 is 0 Å². The summed E-state index contributed by atoms with van der Waals surface area (Å²) in [7, 11) is 1.62. The molecular formula is C17H20O3. The third kappa shape index (κ3) is 3.52. The first-order valence-electron chi connectivity index (χ1n) is 6.78. The molecule has 0 heterocycles. The van der Waals surface area contributed by atoms with Gasteiger partial charge in [-0.2, -0.15) is 0 Å². The van der Waals surface area contributed by atoms with Gasteiger partial charge in [0, 0.05) is 6.07 Å². The van der Waals surface area contributed by atoms with Gasteiger partial charge in [-0.25, -0.2) is 0 Å². The van der Waals surface area contributed by atoms with Crippen LogP contribution in [0.3, 0.4) is 0 Å². The summed E-state index contributed by atoms with van der Waals surface area (Å²) in [5, 5.41) is 10.4. The Morgan fingerprint density at radius 1 is 1.00 bits per heavy atom. The fraction of sp³-hybridized carbons (Fsp3) is 0.294. The summed E-state index contributed by atoms with van der Waals surface area (Å²) in [6.07, 6.45) is -0.218. The van der Waals surface area contributed by atoms with Crippen LogP contribution in [0.4, 0.5) is 0 Å². The van der Waals surface area contributed by atoms with Crippen molar-refractivity contribution in [2.75, 3.05) is 7.11 Å². The number of methoxy groups -OCH3 is 1. The first kappa shape index (κ1) is 14.4. The molecule has 2 aromatic rings. The molecule has 0 saturated carbocycles. The molecule has 2 aromatic carbocycles. The quantitative estimate of drug-likeness (QED) is 0.873. The number of ether oxygens (including phenoxy) is 2. The molecule has 0 bridgehead atoms. The Balaban J connectivity index is 2.12. The van der Waals surface area contributed by atoms with Crippen molar-refractivity contribution in [2.24, 2.45) is 0 Å². The van der Waals surface area contributed by atoms with Gasteiger partial charge < -0.3 is 14.6 Å². The lowest BCUT2D eigenvalue weighted by molar-refractivity contribution is 0.0331. The highest BCUT2D eigenvalue weighted by Crippen LogP contribution is 2.26. The lowest BCUT2D eigenvalue weighted by atomic mass is 10.0. The molecule has 0 saturated heterocycles. The number of rotatable bonds is 6. The van der Waals surface area contributed by atoms with Gasteiger partial charge in [0.05, 0.1) is 7.11 Å². The second-order valence-electron chi connectivity index (χ2n) is 4.60. The summed E-state index contributed by atoms with van der Waals surface area (Å²) in [5.41, 5.74) is 0.863. The van der Waals surface area contributed by atoms with Gasteiger partial charge in [0.2, 0.25) is 0 Å². The summed E-state index contributed by atoms with van der Waals surface area (Å²) < 4.78 is 11.1. The maximum atomic E-state index is 10.4. The molecule has 0 spiro atoms. The van der Waals surface area contributed by atoms with Gasteiger partial charge in [0.15, 0.2) is 0 Å². The van der Waals surface area contributed by atoms with E-state index in [0.29, 0.717) is 12.2 Å². The van der Waals surface area contributed by atoms with E-state index in [0.717, 1.165) is 11.3 Å². The second kappa shape index (κ2) is 6.96. The second-order valence-corrected chi connectivity index (χ2v) is 4.60. The zero-order valence-corrected chi connectivity index (χ0v) is 11.8. The van der Waals surface area contributed by atoms with E-state index in [1.54, 1.807) is 7.11 Å². The molecule has 0 fully saturated rings. The van der Waals surface area contributed by atoms with Crippen molar-refractivity contribution in [3.63, 3.8) is 0 Å². The van der Waals surface area contributed by atoms with Gasteiger partial charge in [-0.15, -0.1) is 0 Å². The maximum absolute atomic E-state index is 10.4. The van der Waals surface area contributed by atoms with Crippen molar-refractivity contribution in [2.45, 2.75) is 25.6 Å². The molecular weight excluding hydrogens is 252 g/mol. The maximum Gasteiger partial charge on any atom is 0.128 e. The van der Waals surface area contributed by atoms with Gasteiger partial charge in [0.1, 0.15) is 23.7 Å². The first-order valence-corrected chi connectivity index (χ1v) is 6.78. The van der Waals surface area contributed by atoms with Gasteiger partial charge in [-0.1, -0.05) is 43.3 Å². The smallest absolute Gasteiger partial charge is 0.128 e. The number of hydrogen-bond acceptors (Lipinski definition) is 3. The molecule has 2 rings (SSSR count). The lowest BCUT2D eigenvalue weighted by Crippen LogP contribution is -2.24. The minimum Gasteiger partial charge on any atom is -0.497 e. The van der Waals surface area contributed by atoms with Crippen LogP contribution in [0.2, 0.25) is 0 Å². The van der Waals surface area contributed by atoms with Crippen LogP contribution < -0.4 is 9.47 Å². The summed E-state index contributed by atoms with van der Waals surface area (Å²) in [6.45, 7) is 2.00. The molecule has 106 valence electrons. The molecule has 0 amide bonds. The minimum atomic E-state index is -0.646. The Bertz CT molecular complexity index is 525. The van der Waals surface area contributed by atoms with Crippen LogP contribution in [0.1, 0.15) is 25.0 Å². The van der Waals surface area contributed by atoms with Gasteiger partial charge in [0.25, 0.3) is 0 Å². The molecule has 0 radical (unpaired) electrons. The molecule has 0 aliphatic rings. The molecule has 0 aliphatic carbocycles. The number of aliphatic hydroxyl groups excluding tert-OH is 1. The number of benzene rings is 2. The first-order chi connectivity index (χ1) is 9.74. The Labute approximate surface area is 119 Å². The van der Waals surface area contributed by atoms with Crippen LogP contribution in [-0.2, 0) is 0 Å². The van der Waals surface area contributed by atoms with Crippen LogP contribution in [0.5, 0.6) is 11.5 Å². The number of aliphatic hydroxyl groups is 1. The Morgan fingerprint density at radius 2 is 1.70 bits per heavy atom. The molecule has 1 N–H and O–H groups in total. The lowest BCUT2D eigenvalue weighted by Gasteiger charge is -2.23. The van der Waals surface area contributed by atoms with Crippen molar-refractivity contribution in [1.29, 1.82) is 0 Å². The predicted octanol–water partition coefficient (Wildman–Crippen LogP) is 3.59. The monoisotopic (exact) mass is 272 g/mol. The van der Waals surface area contributed by atoms with Gasteiger partial charge in [-0.3, -0.25) is 0 Å². The molecule has 3 heteroatoms. The highest BCUT2D eigenvalue weighted by atomic mass is 16.5. The van der Waals surface area contributed by atoms with Crippen molar-refractivity contribution in [1.82, 2.24) is 0 Å². The predicted molar refractivity (Wildman–Crippen MR) is 79.1 cm³/mol. The van der Waals surface area contributed by atoms with Crippen LogP contribution in [0, 0.1) is 0 Å². The topological polar surface area (TPSA) is 38.7 Å². The van der Waals surface area contributed by atoms with E-state index in [1.165, 1.54) is 0 Å². The third-order valence-electron chi connectivity index (χ3n) is 3.22. The summed E-state index contributed by atoms with van der Waals surface area (Å²) in [5.74, 6) is 1.44.